The van der Waals surface area contributed by atoms with Crippen LogP contribution >= 0.6 is 0 Å². The molecule has 0 fully saturated rings. The van der Waals surface area contributed by atoms with Crippen LogP contribution in [0.3, 0.4) is 0 Å². The van der Waals surface area contributed by atoms with E-state index in [2.05, 4.69) is 14.8 Å². The van der Waals surface area contributed by atoms with E-state index in [-0.39, 0.29) is 11.9 Å². The molecular weight excluding hydrogens is 304 g/mol. The minimum Gasteiger partial charge on any atom is -0.374 e. The molecular formula is C18H24N4O2. The number of fused-ring (bicyclic) bond motifs is 1. The number of benzene rings is 1. The Morgan fingerprint density at radius 3 is 2.71 bits per heavy atom. The molecule has 2 heterocycles. The van der Waals surface area contributed by atoms with Crippen LogP contribution in [-0.4, -0.2) is 38.7 Å². The van der Waals surface area contributed by atoms with E-state index in [4.69, 9.17) is 4.74 Å². The molecule has 1 atom stereocenters. The zero-order chi connectivity index (χ0) is 17.1. The van der Waals surface area contributed by atoms with Crippen LogP contribution in [-0.2, 0) is 29.1 Å². The van der Waals surface area contributed by atoms with Crippen LogP contribution < -0.4 is 0 Å². The van der Waals surface area contributed by atoms with Crippen molar-refractivity contribution in [1.29, 1.82) is 0 Å². The van der Waals surface area contributed by atoms with Crippen molar-refractivity contribution in [3.8, 4) is 0 Å². The van der Waals surface area contributed by atoms with Crippen molar-refractivity contribution in [2.45, 2.75) is 46.4 Å². The fraction of sp³-hybridized carbons (Fsp3) is 0.500. The molecule has 1 aliphatic rings. The van der Waals surface area contributed by atoms with Crippen molar-refractivity contribution in [1.82, 2.24) is 19.7 Å². The summed E-state index contributed by atoms with van der Waals surface area (Å²) in [6.45, 7) is 8.53. The minimum atomic E-state index is -0.0698. The maximum atomic E-state index is 12.7. The number of rotatable bonds is 5. The number of ether oxygens (including phenoxy) is 1. The van der Waals surface area contributed by atoms with E-state index in [9.17, 15) is 4.79 Å². The summed E-state index contributed by atoms with van der Waals surface area (Å²) < 4.78 is 7.52. The molecule has 24 heavy (non-hydrogen) atoms. The number of aromatic nitrogens is 3. The molecule has 1 aromatic carbocycles. The van der Waals surface area contributed by atoms with Gasteiger partial charge in [-0.15, -0.1) is 10.2 Å². The van der Waals surface area contributed by atoms with Crippen LogP contribution in [0.25, 0.3) is 0 Å². The van der Waals surface area contributed by atoms with Gasteiger partial charge >= 0.3 is 0 Å². The van der Waals surface area contributed by atoms with Gasteiger partial charge in [0.05, 0.1) is 12.5 Å². The van der Waals surface area contributed by atoms with Gasteiger partial charge in [-0.1, -0.05) is 29.8 Å². The van der Waals surface area contributed by atoms with Crippen molar-refractivity contribution in [2.24, 2.45) is 0 Å². The molecule has 0 bridgehead atoms. The highest BCUT2D eigenvalue weighted by Crippen LogP contribution is 2.25. The van der Waals surface area contributed by atoms with Crippen molar-refractivity contribution in [3.05, 3.63) is 47.0 Å². The molecule has 0 spiro atoms. The Labute approximate surface area is 142 Å². The monoisotopic (exact) mass is 328 g/mol. The predicted molar refractivity (Wildman–Crippen MR) is 90.4 cm³/mol. The highest BCUT2D eigenvalue weighted by atomic mass is 16.5. The van der Waals surface area contributed by atoms with Crippen molar-refractivity contribution >= 4 is 5.91 Å². The van der Waals surface area contributed by atoms with Gasteiger partial charge in [0.25, 0.3) is 0 Å². The molecule has 3 rings (SSSR count). The predicted octanol–water partition coefficient (Wildman–Crippen LogP) is 2.27. The van der Waals surface area contributed by atoms with Gasteiger partial charge in [-0.25, -0.2) is 0 Å². The van der Waals surface area contributed by atoms with Gasteiger partial charge in [0.15, 0.2) is 11.6 Å². The van der Waals surface area contributed by atoms with Crippen LogP contribution in [0, 0.1) is 6.92 Å². The van der Waals surface area contributed by atoms with E-state index < -0.39 is 0 Å². The third-order valence-corrected chi connectivity index (χ3v) is 4.49. The summed E-state index contributed by atoms with van der Waals surface area (Å²) in [5.74, 6) is 1.81. The molecule has 0 unspecified atom stereocenters. The largest absolute Gasteiger partial charge is 0.374 e. The normalized spacial score (nSPS) is 17.0. The second kappa shape index (κ2) is 7.13. The first-order valence-electron chi connectivity index (χ1n) is 8.45. The zero-order valence-corrected chi connectivity index (χ0v) is 14.5. The van der Waals surface area contributed by atoms with Gasteiger partial charge in [-0.05, 0) is 26.3 Å². The third-order valence-electron chi connectivity index (χ3n) is 4.49. The summed E-state index contributed by atoms with van der Waals surface area (Å²) in [5, 5.41) is 8.50. The number of carbonyl (C=O) groups excluding carboxylic acids is 1. The molecule has 1 aromatic heterocycles. The van der Waals surface area contributed by atoms with Crippen LogP contribution in [0.5, 0.6) is 0 Å². The summed E-state index contributed by atoms with van der Waals surface area (Å²) in [6.07, 6.45) is 0.421. The molecule has 0 N–H and O–H groups in total. The molecule has 0 saturated heterocycles. The first-order valence-corrected chi connectivity index (χ1v) is 8.45. The Hall–Kier alpha value is -2.21. The van der Waals surface area contributed by atoms with E-state index >= 15 is 0 Å². The van der Waals surface area contributed by atoms with Gasteiger partial charge in [0.2, 0.25) is 5.91 Å². The minimum absolute atomic E-state index is 0.0698. The first-order chi connectivity index (χ1) is 11.6. The number of nitrogens with zero attached hydrogens (tertiary/aromatic N) is 4. The topological polar surface area (TPSA) is 60.3 Å². The number of hydrogen-bond donors (Lipinski definition) is 0. The lowest BCUT2D eigenvalue weighted by Gasteiger charge is -2.34. The number of aryl methyl sites for hydroxylation is 1. The third kappa shape index (κ3) is 3.33. The van der Waals surface area contributed by atoms with Gasteiger partial charge in [-0.3, -0.25) is 4.79 Å². The van der Waals surface area contributed by atoms with E-state index in [0.29, 0.717) is 32.7 Å². The highest BCUT2D eigenvalue weighted by Gasteiger charge is 2.31. The first kappa shape index (κ1) is 16.6. The van der Waals surface area contributed by atoms with Crippen LogP contribution in [0.15, 0.2) is 24.3 Å². The van der Waals surface area contributed by atoms with Crippen molar-refractivity contribution in [3.63, 3.8) is 0 Å². The Balaban J connectivity index is 1.71. The van der Waals surface area contributed by atoms with Crippen molar-refractivity contribution < 1.29 is 9.53 Å². The maximum Gasteiger partial charge on any atom is 0.227 e. The van der Waals surface area contributed by atoms with E-state index in [0.717, 1.165) is 17.2 Å². The van der Waals surface area contributed by atoms with E-state index in [1.54, 1.807) is 0 Å². The SMILES string of the molecule is CCOCc1nnc2n1CCN(C(=O)Cc1ccc(C)cc1)[C@H]2C. The Morgan fingerprint density at radius 1 is 1.25 bits per heavy atom. The second-order valence-electron chi connectivity index (χ2n) is 6.19. The fourth-order valence-corrected chi connectivity index (χ4v) is 3.07. The summed E-state index contributed by atoms with van der Waals surface area (Å²) in [5.41, 5.74) is 2.24. The summed E-state index contributed by atoms with van der Waals surface area (Å²) in [4.78, 5) is 14.6. The molecule has 6 nitrogen and oxygen atoms in total. The number of carbonyl (C=O) groups is 1. The number of amides is 1. The summed E-state index contributed by atoms with van der Waals surface area (Å²) >= 11 is 0. The van der Waals surface area contributed by atoms with Gasteiger partial charge in [0, 0.05) is 19.7 Å². The van der Waals surface area contributed by atoms with Crippen molar-refractivity contribution in [2.75, 3.05) is 13.2 Å². The molecule has 0 saturated carbocycles. The highest BCUT2D eigenvalue weighted by molar-refractivity contribution is 5.79. The van der Waals surface area contributed by atoms with Gasteiger partial charge in [-0.2, -0.15) is 0 Å². The van der Waals surface area contributed by atoms with Gasteiger partial charge in [0.1, 0.15) is 6.61 Å². The lowest BCUT2D eigenvalue weighted by molar-refractivity contribution is -0.133. The molecule has 0 radical (unpaired) electrons. The Kier molecular flexibility index (Phi) is 4.94. The van der Waals surface area contributed by atoms with Crippen LogP contribution in [0.1, 0.15) is 42.7 Å². The number of hydrogen-bond acceptors (Lipinski definition) is 4. The molecule has 6 heteroatoms. The Morgan fingerprint density at radius 2 is 2.00 bits per heavy atom. The van der Waals surface area contributed by atoms with Gasteiger partial charge < -0.3 is 14.2 Å². The average molecular weight is 328 g/mol. The summed E-state index contributed by atoms with van der Waals surface area (Å²) in [6, 6.07) is 8.05. The lowest BCUT2D eigenvalue weighted by atomic mass is 10.1. The molecule has 2 aromatic rings. The second-order valence-corrected chi connectivity index (χ2v) is 6.19. The molecule has 0 aliphatic carbocycles. The molecule has 128 valence electrons. The smallest absolute Gasteiger partial charge is 0.227 e. The molecule has 1 aliphatic heterocycles. The standard InChI is InChI=1S/C18H24N4O2/c1-4-24-12-16-19-20-18-14(3)21(9-10-22(16)18)17(23)11-15-7-5-13(2)6-8-15/h5-8,14H,4,9-12H2,1-3H3/t14-/m0/s1. The quantitative estimate of drug-likeness (QED) is 0.845. The zero-order valence-electron chi connectivity index (χ0n) is 14.5. The fourth-order valence-electron chi connectivity index (χ4n) is 3.07. The van der Waals surface area contributed by atoms with Crippen LogP contribution in [0.4, 0.5) is 0 Å². The maximum absolute atomic E-state index is 12.7. The molecule has 1 amide bonds. The van der Waals surface area contributed by atoms with E-state index in [1.807, 2.05) is 49.9 Å². The van der Waals surface area contributed by atoms with E-state index in [1.165, 1.54) is 5.56 Å². The average Bonchev–Trinajstić information content (AvgIpc) is 2.99. The lowest BCUT2D eigenvalue weighted by Crippen LogP contribution is -2.42. The summed E-state index contributed by atoms with van der Waals surface area (Å²) in [7, 11) is 0. The van der Waals surface area contributed by atoms with Crippen LogP contribution in [0.2, 0.25) is 0 Å². The Bertz CT molecular complexity index is 708.